The van der Waals surface area contributed by atoms with Crippen LogP contribution in [0.25, 0.3) is 10.9 Å². The fraction of sp³-hybridized carbons (Fsp3) is 0.211. The van der Waals surface area contributed by atoms with Gasteiger partial charge in [-0.1, -0.05) is 12.1 Å². The summed E-state index contributed by atoms with van der Waals surface area (Å²) in [6, 6.07) is 11.9. The van der Waals surface area contributed by atoms with Gasteiger partial charge in [-0.15, -0.1) is 0 Å². The molecule has 0 radical (unpaired) electrons. The number of nitrogens with one attached hydrogen (secondary N) is 2. The lowest BCUT2D eigenvalue weighted by atomic mass is 9.94. The van der Waals surface area contributed by atoms with Crippen LogP contribution in [0, 0.1) is 5.82 Å². The maximum atomic E-state index is 13.4. The molecule has 1 amide bonds. The van der Waals surface area contributed by atoms with E-state index in [1.165, 1.54) is 12.1 Å². The molecule has 0 saturated heterocycles. The summed E-state index contributed by atoms with van der Waals surface area (Å²) in [5.74, 6) is 0.277. The van der Waals surface area contributed by atoms with Gasteiger partial charge in [0.15, 0.2) is 0 Å². The number of ether oxygens (including phenoxy) is 1. The molecule has 0 spiro atoms. The van der Waals surface area contributed by atoms with Crippen LogP contribution in [0.5, 0.6) is 5.75 Å². The lowest BCUT2D eigenvalue weighted by Crippen LogP contribution is -2.27. The molecule has 3 aromatic rings. The van der Waals surface area contributed by atoms with Crippen molar-refractivity contribution in [1.29, 1.82) is 0 Å². The van der Waals surface area contributed by atoms with E-state index in [9.17, 15) is 9.18 Å². The van der Waals surface area contributed by atoms with Gasteiger partial charge in [0.05, 0.1) is 18.2 Å². The average molecular weight is 324 g/mol. The summed E-state index contributed by atoms with van der Waals surface area (Å²) in [5.41, 5.74) is 1.73. The number of halogens is 1. The molecule has 0 unspecified atom stereocenters. The zero-order valence-corrected chi connectivity index (χ0v) is 13.2. The molecular weight excluding hydrogens is 307 g/mol. The first-order chi connectivity index (χ1) is 11.6. The van der Waals surface area contributed by atoms with E-state index in [4.69, 9.17) is 4.74 Å². The summed E-state index contributed by atoms with van der Waals surface area (Å²) in [7, 11) is 1.58. The van der Waals surface area contributed by atoms with E-state index in [-0.39, 0.29) is 11.7 Å². The topological polar surface area (TPSA) is 54.1 Å². The molecule has 1 aromatic heterocycles. The minimum Gasteiger partial charge on any atom is -0.495 e. The predicted molar refractivity (Wildman–Crippen MR) is 90.8 cm³/mol. The Kier molecular flexibility index (Phi) is 3.30. The Bertz CT molecular complexity index is 928. The van der Waals surface area contributed by atoms with Crippen molar-refractivity contribution in [2.45, 2.75) is 18.3 Å². The number of aromatic nitrogens is 1. The number of aromatic amines is 1. The molecule has 4 nitrogen and oxygen atoms in total. The van der Waals surface area contributed by atoms with Gasteiger partial charge in [-0.05, 0) is 48.7 Å². The van der Waals surface area contributed by atoms with Gasteiger partial charge < -0.3 is 15.0 Å². The molecule has 2 aromatic carbocycles. The van der Waals surface area contributed by atoms with Crippen LogP contribution >= 0.6 is 0 Å². The molecular formula is C19H17FN2O2. The van der Waals surface area contributed by atoms with Crippen LogP contribution in [0.3, 0.4) is 0 Å². The van der Waals surface area contributed by atoms with E-state index < -0.39 is 5.41 Å². The van der Waals surface area contributed by atoms with E-state index in [1.54, 1.807) is 13.2 Å². The van der Waals surface area contributed by atoms with Crippen LogP contribution in [0.1, 0.15) is 18.4 Å². The lowest BCUT2D eigenvalue weighted by molar-refractivity contribution is -0.118. The van der Waals surface area contributed by atoms with Crippen molar-refractivity contribution in [2.24, 2.45) is 0 Å². The van der Waals surface area contributed by atoms with Crippen molar-refractivity contribution >= 4 is 22.5 Å². The molecule has 0 aliphatic heterocycles. The second-order valence-electron chi connectivity index (χ2n) is 6.13. The van der Waals surface area contributed by atoms with E-state index >= 15 is 0 Å². The maximum absolute atomic E-state index is 13.4. The zero-order valence-electron chi connectivity index (χ0n) is 13.2. The first-order valence-corrected chi connectivity index (χ1v) is 7.86. The van der Waals surface area contributed by atoms with Gasteiger partial charge in [0.1, 0.15) is 11.6 Å². The minimum absolute atomic E-state index is 0.0581. The molecule has 0 atom stereocenters. The van der Waals surface area contributed by atoms with Crippen molar-refractivity contribution in [3.05, 3.63) is 60.0 Å². The number of fused-ring (bicyclic) bond motifs is 1. The van der Waals surface area contributed by atoms with Crippen molar-refractivity contribution in [2.75, 3.05) is 12.4 Å². The highest BCUT2D eigenvalue weighted by Gasteiger charge is 2.52. The Balaban J connectivity index is 1.68. The van der Waals surface area contributed by atoms with Crippen LogP contribution < -0.4 is 10.1 Å². The smallest absolute Gasteiger partial charge is 0.235 e. The summed E-state index contributed by atoms with van der Waals surface area (Å²) < 4.78 is 18.7. The molecule has 24 heavy (non-hydrogen) atoms. The molecule has 1 heterocycles. The fourth-order valence-corrected chi connectivity index (χ4v) is 3.23. The van der Waals surface area contributed by atoms with Crippen molar-refractivity contribution in [3.8, 4) is 5.75 Å². The largest absolute Gasteiger partial charge is 0.495 e. The standard InChI is InChI=1S/C19H17FN2O2/c1-24-17-5-3-2-4-15(17)22-18(23)19(8-9-19)14-11-21-16-10-12(20)6-7-13(14)16/h2-7,10-11,21H,8-9H2,1H3,(H,22,23). The fourth-order valence-electron chi connectivity index (χ4n) is 3.23. The van der Waals surface area contributed by atoms with Gasteiger partial charge in [-0.2, -0.15) is 0 Å². The van der Waals surface area contributed by atoms with Gasteiger partial charge in [0.25, 0.3) is 0 Å². The Labute approximate surface area is 138 Å². The highest BCUT2D eigenvalue weighted by molar-refractivity contribution is 6.05. The Hall–Kier alpha value is -2.82. The number of carbonyl (C=O) groups excluding carboxylic acids is 1. The third-order valence-electron chi connectivity index (χ3n) is 4.70. The summed E-state index contributed by atoms with van der Waals surface area (Å²) in [5, 5.41) is 3.87. The number of H-pyrrole nitrogens is 1. The zero-order chi connectivity index (χ0) is 16.7. The van der Waals surface area contributed by atoms with Gasteiger partial charge >= 0.3 is 0 Å². The van der Waals surface area contributed by atoms with E-state index in [0.717, 1.165) is 23.8 Å². The number of methoxy groups -OCH3 is 1. The maximum Gasteiger partial charge on any atom is 0.235 e. The SMILES string of the molecule is COc1ccccc1NC(=O)C1(c2c[nH]c3cc(F)ccc23)CC1. The first kappa shape index (κ1) is 14.8. The van der Waals surface area contributed by atoms with Gasteiger partial charge in [0, 0.05) is 17.1 Å². The van der Waals surface area contributed by atoms with Crippen molar-refractivity contribution in [1.82, 2.24) is 4.98 Å². The molecule has 5 heteroatoms. The lowest BCUT2D eigenvalue weighted by Gasteiger charge is -2.16. The van der Waals surface area contributed by atoms with Crippen LogP contribution in [-0.2, 0) is 10.2 Å². The van der Waals surface area contributed by atoms with E-state index in [2.05, 4.69) is 10.3 Å². The number of rotatable bonds is 4. The van der Waals surface area contributed by atoms with Gasteiger partial charge in [0.2, 0.25) is 5.91 Å². The normalized spacial score (nSPS) is 15.2. The van der Waals surface area contributed by atoms with Crippen LogP contribution in [0.2, 0.25) is 0 Å². The number of carbonyl (C=O) groups is 1. The van der Waals surface area contributed by atoms with E-state index in [0.29, 0.717) is 17.0 Å². The number of para-hydroxylation sites is 2. The van der Waals surface area contributed by atoms with Gasteiger partial charge in [-0.25, -0.2) is 4.39 Å². The van der Waals surface area contributed by atoms with Crippen molar-refractivity contribution in [3.63, 3.8) is 0 Å². The number of benzene rings is 2. The summed E-state index contributed by atoms with van der Waals surface area (Å²) in [6.45, 7) is 0. The summed E-state index contributed by atoms with van der Waals surface area (Å²) in [6.07, 6.45) is 3.37. The predicted octanol–water partition coefficient (Wildman–Crippen LogP) is 3.99. The summed E-state index contributed by atoms with van der Waals surface area (Å²) in [4.78, 5) is 16.0. The molecule has 1 aliphatic rings. The Morgan fingerprint density at radius 1 is 1.25 bits per heavy atom. The highest BCUT2D eigenvalue weighted by Crippen LogP contribution is 2.51. The number of amides is 1. The third kappa shape index (κ3) is 2.24. The minimum atomic E-state index is -0.559. The average Bonchev–Trinajstić information content (AvgIpc) is 3.29. The highest BCUT2D eigenvalue weighted by atomic mass is 19.1. The molecule has 122 valence electrons. The van der Waals surface area contributed by atoms with Crippen molar-refractivity contribution < 1.29 is 13.9 Å². The number of hydrogen-bond acceptors (Lipinski definition) is 2. The number of hydrogen-bond donors (Lipinski definition) is 2. The number of anilines is 1. The Morgan fingerprint density at radius 2 is 2.04 bits per heavy atom. The Morgan fingerprint density at radius 3 is 2.79 bits per heavy atom. The quantitative estimate of drug-likeness (QED) is 0.762. The van der Waals surface area contributed by atoms with Crippen LogP contribution in [0.15, 0.2) is 48.7 Å². The van der Waals surface area contributed by atoms with E-state index in [1.807, 2.05) is 30.5 Å². The first-order valence-electron chi connectivity index (χ1n) is 7.86. The molecule has 0 bridgehead atoms. The summed E-state index contributed by atoms with van der Waals surface area (Å²) >= 11 is 0. The second-order valence-corrected chi connectivity index (χ2v) is 6.13. The van der Waals surface area contributed by atoms with Gasteiger partial charge in [-0.3, -0.25) is 4.79 Å². The molecule has 1 saturated carbocycles. The second kappa shape index (κ2) is 5.37. The molecule has 4 rings (SSSR count). The molecule has 1 aliphatic carbocycles. The van der Waals surface area contributed by atoms with Crippen LogP contribution in [0.4, 0.5) is 10.1 Å². The molecule has 1 fully saturated rings. The van der Waals surface area contributed by atoms with Crippen LogP contribution in [-0.4, -0.2) is 18.0 Å². The monoisotopic (exact) mass is 324 g/mol. The third-order valence-corrected chi connectivity index (χ3v) is 4.70. The molecule has 2 N–H and O–H groups in total.